The molecule has 136 valence electrons. The number of rotatable bonds is 6. The van der Waals surface area contributed by atoms with Crippen LogP contribution in [0.25, 0.3) is 0 Å². The average molecular weight is 469 g/mol. The van der Waals surface area contributed by atoms with Gasteiger partial charge < -0.3 is 15.0 Å². The summed E-state index contributed by atoms with van der Waals surface area (Å²) in [5, 5.41) is 13.8. The first kappa shape index (κ1) is 19.6. The first-order valence-corrected chi connectivity index (χ1v) is 8.54. The van der Waals surface area contributed by atoms with Gasteiger partial charge in [0.05, 0.1) is 16.2 Å². The second-order valence-electron chi connectivity index (χ2n) is 5.46. The van der Waals surface area contributed by atoms with E-state index in [1.165, 1.54) is 12.1 Å². The molecule has 0 fully saturated rings. The third kappa shape index (κ3) is 4.91. The Morgan fingerprint density at radius 3 is 2.54 bits per heavy atom. The van der Waals surface area contributed by atoms with Gasteiger partial charge in [0.25, 0.3) is 11.6 Å². The SMILES string of the molecule is CN(C)c1ccc(C(=O)OCC(=O)Nc2ccccc2I)cc1[N+](=O)[O-]. The third-order valence-corrected chi connectivity index (χ3v) is 4.31. The number of nitro groups is 1. The number of hydrogen-bond acceptors (Lipinski definition) is 6. The molecular formula is C17H16IN3O5. The molecule has 1 amide bonds. The number of halogens is 1. The highest BCUT2D eigenvalue weighted by Crippen LogP contribution is 2.28. The number of carbonyl (C=O) groups excluding carboxylic acids is 2. The number of esters is 1. The maximum atomic E-state index is 12.1. The fourth-order valence-electron chi connectivity index (χ4n) is 2.14. The molecule has 0 aliphatic heterocycles. The van der Waals surface area contributed by atoms with Gasteiger partial charge in [0.1, 0.15) is 5.69 Å². The molecule has 0 aliphatic rings. The Kier molecular flexibility index (Phi) is 6.50. The Labute approximate surface area is 163 Å². The smallest absolute Gasteiger partial charge is 0.338 e. The van der Waals surface area contributed by atoms with Gasteiger partial charge in [-0.15, -0.1) is 0 Å². The quantitative estimate of drug-likeness (QED) is 0.302. The predicted octanol–water partition coefficient (Wildman–Crippen LogP) is 3.06. The number of ether oxygens (including phenoxy) is 1. The lowest BCUT2D eigenvalue weighted by Crippen LogP contribution is -2.21. The van der Waals surface area contributed by atoms with Crippen molar-refractivity contribution in [2.75, 3.05) is 30.9 Å². The van der Waals surface area contributed by atoms with Crippen LogP contribution in [0.5, 0.6) is 0 Å². The summed E-state index contributed by atoms with van der Waals surface area (Å²) in [6, 6.07) is 11.2. The van der Waals surface area contributed by atoms with Crippen LogP contribution in [-0.2, 0) is 9.53 Å². The molecule has 0 heterocycles. The minimum absolute atomic E-state index is 0.00407. The van der Waals surface area contributed by atoms with Crippen molar-refractivity contribution < 1.29 is 19.2 Å². The lowest BCUT2D eigenvalue weighted by Gasteiger charge is -2.13. The van der Waals surface area contributed by atoms with Crippen molar-refractivity contribution in [2.24, 2.45) is 0 Å². The van der Waals surface area contributed by atoms with Crippen molar-refractivity contribution in [3.8, 4) is 0 Å². The molecule has 0 aromatic heterocycles. The van der Waals surface area contributed by atoms with E-state index in [0.29, 0.717) is 11.4 Å². The first-order chi connectivity index (χ1) is 12.3. The lowest BCUT2D eigenvalue weighted by atomic mass is 10.1. The topological polar surface area (TPSA) is 102 Å². The Bertz CT molecular complexity index is 854. The maximum absolute atomic E-state index is 12.1. The zero-order chi connectivity index (χ0) is 19.3. The van der Waals surface area contributed by atoms with E-state index in [9.17, 15) is 19.7 Å². The van der Waals surface area contributed by atoms with E-state index >= 15 is 0 Å². The van der Waals surface area contributed by atoms with Gasteiger partial charge in [-0.25, -0.2) is 4.79 Å². The molecule has 2 rings (SSSR count). The summed E-state index contributed by atoms with van der Waals surface area (Å²) in [6.07, 6.45) is 0. The van der Waals surface area contributed by atoms with Gasteiger partial charge in [-0.1, -0.05) is 12.1 Å². The average Bonchev–Trinajstić information content (AvgIpc) is 2.61. The third-order valence-electron chi connectivity index (χ3n) is 3.37. The van der Waals surface area contributed by atoms with Crippen molar-refractivity contribution >= 4 is 51.5 Å². The summed E-state index contributed by atoms with van der Waals surface area (Å²) < 4.78 is 5.79. The van der Waals surface area contributed by atoms with Crippen LogP contribution >= 0.6 is 22.6 Å². The molecule has 0 saturated heterocycles. The van der Waals surface area contributed by atoms with E-state index < -0.39 is 23.4 Å². The first-order valence-electron chi connectivity index (χ1n) is 7.47. The van der Waals surface area contributed by atoms with Crippen molar-refractivity contribution in [3.05, 3.63) is 61.7 Å². The van der Waals surface area contributed by atoms with Crippen molar-refractivity contribution in [2.45, 2.75) is 0 Å². The zero-order valence-electron chi connectivity index (χ0n) is 14.1. The zero-order valence-corrected chi connectivity index (χ0v) is 16.2. The number of nitro benzene ring substituents is 1. The number of nitrogens with zero attached hydrogens (tertiary/aromatic N) is 2. The van der Waals surface area contributed by atoms with Gasteiger partial charge in [-0.2, -0.15) is 0 Å². The molecule has 0 spiro atoms. The number of nitrogens with one attached hydrogen (secondary N) is 1. The van der Waals surface area contributed by atoms with Crippen LogP contribution in [-0.4, -0.2) is 37.5 Å². The van der Waals surface area contributed by atoms with Gasteiger partial charge in [0.2, 0.25) is 0 Å². The molecule has 1 N–H and O–H groups in total. The summed E-state index contributed by atoms with van der Waals surface area (Å²) >= 11 is 2.07. The summed E-state index contributed by atoms with van der Waals surface area (Å²) in [5.74, 6) is -1.31. The number of amides is 1. The molecular weight excluding hydrogens is 453 g/mol. The van der Waals surface area contributed by atoms with Crippen LogP contribution < -0.4 is 10.2 Å². The highest BCUT2D eigenvalue weighted by Gasteiger charge is 2.20. The fourth-order valence-corrected chi connectivity index (χ4v) is 2.66. The van der Waals surface area contributed by atoms with Crippen molar-refractivity contribution in [3.63, 3.8) is 0 Å². The lowest BCUT2D eigenvalue weighted by molar-refractivity contribution is -0.384. The number of para-hydroxylation sites is 1. The van der Waals surface area contributed by atoms with E-state index in [1.54, 1.807) is 31.1 Å². The molecule has 0 saturated carbocycles. The number of carbonyl (C=O) groups is 2. The van der Waals surface area contributed by atoms with Gasteiger partial charge in [0, 0.05) is 23.7 Å². The van der Waals surface area contributed by atoms with Crippen molar-refractivity contribution in [1.82, 2.24) is 0 Å². The molecule has 2 aromatic rings. The molecule has 8 nitrogen and oxygen atoms in total. The Morgan fingerprint density at radius 2 is 1.92 bits per heavy atom. The maximum Gasteiger partial charge on any atom is 0.338 e. The van der Waals surface area contributed by atoms with Crippen LogP contribution in [0.1, 0.15) is 10.4 Å². The number of hydrogen-bond donors (Lipinski definition) is 1. The second-order valence-corrected chi connectivity index (χ2v) is 6.62. The molecule has 2 aromatic carbocycles. The highest BCUT2D eigenvalue weighted by molar-refractivity contribution is 14.1. The summed E-state index contributed by atoms with van der Waals surface area (Å²) in [7, 11) is 3.32. The van der Waals surface area contributed by atoms with Crippen LogP contribution in [0.4, 0.5) is 17.1 Å². The second kappa shape index (κ2) is 8.61. The summed E-state index contributed by atoms with van der Waals surface area (Å²) in [4.78, 5) is 36.2. The Morgan fingerprint density at radius 1 is 1.23 bits per heavy atom. The Balaban J connectivity index is 2.03. The standard InChI is InChI=1S/C17H16IN3O5/c1-20(2)14-8-7-11(9-15(14)21(24)25)17(23)26-10-16(22)19-13-6-4-3-5-12(13)18/h3-9H,10H2,1-2H3,(H,19,22). The van der Waals surface area contributed by atoms with Crippen LogP contribution in [0.2, 0.25) is 0 Å². The molecule has 0 atom stereocenters. The largest absolute Gasteiger partial charge is 0.452 e. The number of benzene rings is 2. The van der Waals surface area contributed by atoms with Crippen LogP contribution in [0.3, 0.4) is 0 Å². The van der Waals surface area contributed by atoms with E-state index in [0.717, 1.165) is 9.64 Å². The molecule has 0 radical (unpaired) electrons. The van der Waals surface area contributed by atoms with Gasteiger partial charge in [-0.05, 0) is 46.9 Å². The normalized spacial score (nSPS) is 10.1. The monoisotopic (exact) mass is 469 g/mol. The summed E-state index contributed by atoms with van der Waals surface area (Å²) in [6.45, 7) is -0.493. The molecule has 0 bridgehead atoms. The van der Waals surface area contributed by atoms with E-state index in [1.807, 2.05) is 12.1 Å². The molecule has 0 unspecified atom stereocenters. The molecule has 26 heavy (non-hydrogen) atoms. The summed E-state index contributed by atoms with van der Waals surface area (Å²) in [5.41, 5.74) is 0.764. The van der Waals surface area contributed by atoms with E-state index in [4.69, 9.17) is 4.74 Å². The predicted molar refractivity (Wildman–Crippen MR) is 105 cm³/mol. The van der Waals surface area contributed by atoms with E-state index in [-0.39, 0.29) is 11.3 Å². The van der Waals surface area contributed by atoms with Gasteiger partial charge in [0.15, 0.2) is 6.61 Å². The highest BCUT2D eigenvalue weighted by atomic mass is 127. The van der Waals surface area contributed by atoms with Crippen LogP contribution in [0, 0.1) is 13.7 Å². The van der Waals surface area contributed by atoms with E-state index in [2.05, 4.69) is 27.9 Å². The van der Waals surface area contributed by atoms with Crippen molar-refractivity contribution in [1.29, 1.82) is 0 Å². The number of anilines is 2. The van der Waals surface area contributed by atoms with Gasteiger partial charge in [-0.3, -0.25) is 14.9 Å². The Hall–Kier alpha value is -2.69. The van der Waals surface area contributed by atoms with Crippen LogP contribution in [0.15, 0.2) is 42.5 Å². The minimum atomic E-state index is -0.809. The minimum Gasteiger partial charge on any atom is -0.452 e. The molecule has 0 aliphatic carbocycles. The fraction of sp³-hybridized carbons (Fsp3) is 0.176. The molecule has 9 heteroatoms. The van der Waals surface area contributed by atoms with Gasteiger partial charge >= 0.3 is 5.97 Å².